The topological polar surface area (TPSA) is 69.0 Å². The van der Waals surface area contributed by atoms with Crippen molar-refractivity contribution in [3.05, 3.63) is 102 Å². The molecule has 1 aliphatic carbocycles. The molecule has 1 N–H and O–H groups in total. The fourth-order valence-electron chi connectivity index (χ4n) is 4.12. The van der Waals surface area contributed by atoms with Crippen molar-refractivity contribution in [1.82, 2.24) is 20.1 Å². The lowest BCUT2D eigenvalue weighted by molar-refractivity contribution is -0.116. The number of amides is 1. The summed E-state index contributed by atoms with van der Waals surface area (Å²) in [6.45, 7) is 1.83. The molecular formula is C26H22N4O2. The highest BCUT2D eigenvalue weighted by molar-refractivity contribution is 5.93. The molecule has 0 spiro atoms. The molecule has 1 amide bonds. The number of aryl methyl sites for hydroxylation is 1. The number of nitrogens with zero attached hydrogens (tertiary/aromatic N) is 3. The molecule has 0 fully saturated rings. The third kappa shape index (κ3) is 3.56. The molecule has 0 atom stereocenters. The van der Waals surface area contributed by atoms with Crippen LogP contribution in [-0.2, 0) is 4.79 Å². The van der Waals surface area contributed by atoms with Gasteiger partial charge in [0.25, 0.3) is 0 Å². The summed E-state index contributed by atoms with van der Waals surface area (Å²) in [7, 11) is 1.61. The number of hydrogen-bond acceptors (Lipinski definition) is 4. The molecule has 1 aromatic heterocycles. The lowest BCUT2D eigenvalue weighted by atomic mass is 10.1. The van der Waals surface area contributed by atoms with Crippen LogP contribution in [0.25, 0.3) is 22.9 Å². The number of ether oxygens (including phenoxy) is 1. The van der Waals surface area contributed by atoms with Gasteiger partial charge in [0.1, 0.15) is 23.6 Å². The van der Waals surface area contributed by atoms with Crippen molar-refractivity contribution < 1.29 is 9.53 Å². The van der Waals surface area contributed by atoms with Gasteiger partial charge in [0.15, 0.2) is 0 Å². The molecular weight excluding hydrogens is 400 g/mol. The molecule has 0 radical (unpaired) electrons. The molecule has 5 rings (SSSR count). The Kier molecular flexibility index (Phi) is 5.03. The van der Waals surface area contributed by atoms with E-state index in [9.17, 15) is 4.79 Å². The van der Waals surface area contributed by atoms with Gasteiger partial charge in [-0.15, -0.1) is 0 Å². The molecule has 158 valence electrons. The van der Waals surface area contributed by atoms with E-state index < -0.39 is 0 Å². The summed E-state index contributed by atoms with van der Waals surface area (Å²) in [4.78, 5) is 16.9. The molecule has 3 aromatic carbocycles. The number of hydrogen-bond donors (Lipinski definition) is 1. The average Bonchev–Trinajstić information content (AvgIpc) is 3.39. The standard InChI is InChI=1S/C26H22N4O2/c1-17-27-16-30(29-17)23-13-11-18(15-24(23)32-2)12-14-25(31)28-26-21-9-5-3-7-19(21)20-8-4-6-10-22(20)26/h3-16,26H,1-2H3,(H,28,31)/b14-12+. The van der Waals surface area contributed by atoms with Crippen LogP contribution in [0.5, 0.6) is 5.75 Å². The van der Waals surface area contributed by atoms with E-state index >= 15 is 0 Å². The number of benzene rings is 3. The first kappa shape index (κ1) is 19.8. The quantitative estimate of drug-likeness (QED) is 0.482. The fourth-order valence-corrected chi connectivity index (χ4v) is 4.12. The van der Waals surface area contributed by atoms with E-state index in [4.69, 9.17) is 4.74 Å². The van der Waals surface area contributed by atoms with E-state index in [1.807, 2.05) is 49.4 Å². The van der Waals surface area contributed by atoms with E-state index in [1.54, 1.807) is 30.3 Å². The van der Waals surface area contributed by atoms with Crippen LogP contribution < -0.4 is 10.1 Å². The van der Waals surface area contributed by atoms with E-state index in [1.165, 1.54) is 11.1 Å². The van der Waals surface area contributed by atoms with Crippen molar-refractivity contribution in [2.75, 3.05) is 7.11 Å². The second kappa shape index (κ2) is 8.15. The second-order valence-corrected chi connectivity index (χ2v) is 7.62. The summed E-state index contributed by atoms with van der Waals surface area (Å²) < 4.78 is 7.19. The van der Waals surface area contributed by atoms with Crippen LogP contribution in [0.1, 0.15) is 28.6 Å². The van der Waals surface area contributed by atoms with Crippen molar-refractivity contribution in [2.45, 2.75) is 13.0 Å². The van der Waals surface area contributed by atoms with E-state index in [2.05, 4.69) is 39.7 Å². The van der Waals surface area contributed by atoms with Crippen LogP contribution in [0, 0.1) is 6.92 Å². The summed E-state index contributed by atoms with van der Waals surface area (Å²) >= 11 is 0. The van der Waals surface area contributed by atoms with Gasteiger partial charge >= 0.3 is 0 Å². The number of carbonyl (C=O) groups is 1. The summed E-state index contributed by atoms with van der Waals surface area (Å²) in [5.41, 5.74) is 6.20. The molecule has 4 aromatic rings. The number of carbonyl (C=O) groups excluding carboxylic acids is 1. The highest BCUT2D eigenvalue weighted by Crippen LogP contribution is 2.42. The average molecular weight is 422 g/mol. The molecule has 6 nitrogen and oxygen atoms in total. The van der Waals surface area contributed by atoms with E-state index in [0.717, 1.165) is 22.4 Å². The van der Waals surface area contributed by atoms with Crippen molar-refractivity contribution in [1.29, 1.82) is 0 Å². The first-order chi connectivity index (χ1) is 15.6. The Bertz CT molecular complexity index is 1290. The minimum atomic E-state index is -0.160. The molecule has 0 unspecified atom stereocenters. The van der Waals surface area contributed by atoms with E-state index in [-0.39, 0.29) is 11.9 Å². The first-order valence-corrected chi connectivity index (χ1v) is 10.4. The predicted molar refractivity (Wildman–Crippen MR) is 124 cm³/mol. The van der Waals surface area contributed by atoms with Crippen LogP contribution in [0.4, 0.5) is 0 Å². The number of nitrogens with one attached hydrogen (secondary N) is 1. The maximum atomic E-state index is 12.8. The normalized spacial score (nSPS) is 12.6. The Hall–Kier alpha value is -4.19. The second-order valence-electron chi connectivity index (χ2n) is 7.62. The van der Waals surface area contributed by atoms with Crippen molar-refractivity contribution in [2.24, 2.45) is 0 Å². The molecule has 32 heavy (non-hydrogen) atoms. The fraction of sp³-hybridized carbons (Fsp3) is 0.115. The molecule has 6 heteroatoms. The predicted octanol–water partition coefficient (Wildman–Crippen LogP) is 4.48. The highest BCUT2D eigenvalue weighted by atomic mass is 16.5. The molecule has 0 aliphatic heterocycles. The van der Waals surface area contributed by atoms with Gasteiger partial charge in [0, 0.05) is 6.08 Å². The summed E-state index contributed by atoms with van der Waals surface area (Å²) in [6, 6.07) is 21.9. The zero-order chi connectivity index (χ0) is 22.1. The summed E-state index contributed by atoms with van der Waals surface area (Å²) in [5, 5.41) is 7.48. The molecule has 0 saturated heterocycles. The van der Waals surface area contributed by atoms with Gasteiger partial charge in [-0.2, -0.15) is 5.10 Å². The Morgan fingerprint density at radius 2 is 1.72 bits per heavy atom. The summed E-state index contributed by atoms with van der Waals surface area (Å²) in [5.74, 6) is 1.18. The monoisotopic (exact) mass is 422 g/mol. The van der Waals surface area contributed by atoms with Crippen LogP contribution in [-0.4, -0.2) is 27.8 Å². The Morgan fingerprint density at radius 1 is 1.03 bits per heavy atom. The molecule has 0 bridgehead atoms. The third-order valence-electron chi connectivity index (χ3n) is 5.60. The largest absolute Gasteiger partial charge is 0.494 e. The zero-order valence-corrected chi connectivity index (χ0v) is 17.8. The van der Waals surface area contributed by atoms with Crippen molar-refractivity contribution in [3.63, 3.8) is 0 Å². The number of rotatable bonds is 5. The Morgan fingerprint density at radius 3 is 2.34 bits per heavy atom. The smallest absolute Gasteiger partial charge is 0.244 e. The Labute approximate surface area is 186 Å². The van der Waals surface area contributed by atoms with Gasteiger partial charge in [-0.1, -0.05) is 54.6 Å². The van der Waals surface area contributed by atoms with Gasteiger partial charge in [-0.25, -0.2) is 9.67 Å². The number of methoxy groups -OCH3 is 1. The van der Waals surface area contributed by atoms with Crippen LogP contribution in [0.3, 0.4) is 0 Å². The Balaban J connectivity index is 1.36. The molecule has 1 aliphatic rings. The van der Waals surface area contributed by atoms with Crippen molar-refractivity contribution in [3.8, 4) is 22.6 Å². The number of fused-ring (bicyclic) bond motifs is 3. The van der Waals surface area contributed by atoms with Crippen LogP contribution in [0.15, 0.2) is 79.1 Å². The SMILES string of the molecule is COc1cc(/C=C/C(=O)NC2c3ccccc3-c3ccccc32)ccc1-n1cnc(C)n1. The van der Waals surface area contributed by atoms with Gasteiger partial charge < -0.3 is 10.1 Å². The van der Waals surface area contributed by atoms with Crippen molar-refractivity contribution >= 4 is 12.0 Å². The number of aromatic nitrogens is 3. The molecule has 1 heterocycles. The van der Waals surface area contributed by atoms with Gasteiger partial charge in [-0.05, 0) is 52.9 Å². The third-order valence-corrected chi connectivity index (χ3v) is 5.60. The minimum absolute atomic E-state index is 0.156. The first-order valence-electron chi connectivity index (χ1n) is 10.4. The van der Waals surface area contributed by atoms with E-state index in [0.29, 0.717) is 11.6 Å². The van der Waals surface area contributed by atoms with Crippen LogP contribution >= 0.6 is 0 Å². The maximum Gasteiger partial charge on any atom is 0.244 e. The van der Waals surface area contributed by atoms with Gasteiger partial charge in [-0.3, -0.25) is 4.79 Å². The van der Waals surface area contributed by atoms with Gasteiger partial charge in [0.05, 0.1) is 13.2 Å². The van der Waals surface area contributed by atoms with Gasteiger partial charge in [0.2, 0.25) is 5.91 Å². The molecule has 0 saturated carbocycles. The highest BCUT2D eigenvalue weighted by Gasteiger charge is 2.28. The maximum absolute atomic E-state index is 12.8. The lowest BCUT2D eigenvalue weighted by Gasteiger charge is -2.14. The minimum Gasteiger partial charge on any atom is -0.494 e. The lowest BCUT2D eigenvalue weighted by Crippen LogP contribution is -2.26. The zero-order valence-electron chi connectivity index (χ0n) is 17.8. The van der Waals surface area contributed by atoms with Crippen LogP contribution in [0.2, 0.25) is 0 Å². The summed E-state index contributed by atoms with van der Waals surface area (Å²) in [6.07, 6.45) is 4.98.